The molecule has 10 heteroatoms. The summed E-state index contributed by atoms with van der Waals surface area (Å²) in [5.41, 5.74) is 1.31. The highest BCUT2D eigenvalue weighted by atomic mass is 32.2. The number of pyridine rings is 1. The number of guanidine groups is 1. The van der Waals surface area contributed by atoms with Crippen LogP contribution in [0.5, 0.6) is 5.75 Å². The van der Waals surface area contributed by atoms with Gasteiger partial charge in [-0.15, -0.1) is 10.2 Å². The summed E-state index contributed by atoms with van der Waals surface area (Å²) in [6.45, 7) is 14.7. The lowest BCUT2D eigenvalue weighted by Gasteiger charge is -2.25. The van der Waals surface area contributed by atoms with Gasteiger partial charge in [0, 0.05) is 22.6 Å². The molecule has 1 aromatic carbocycles. The van der Waals surface area contributed by atoms with Gasteiger partial charge in [0.15, 0.2) is 0 Å². The topological polar surface area (TPSA) is 98.9 Å². The van der Waals surface area contributed by atoms with Crippen LogP contribution in [-0.2, 0) is 5.41 Å². The summed E-state index contributed by atoms with van der Waals surface area (Å²) in [6.07, 6.45) is 1.77. The molecule has 0 spiro atoms. The molecule has 0 amide bonds. The third-order valence-corrected chi connectivity index (χ3v) is 8.28. The van der Waals surface area contributed by atoms with Gasteiger partial charge in [0.05, 0.1) is 11.7 Å². The molecule has 1 aliphatic heterocycles. The van der Waals surface area contributed by atoms with Gasteiger partial charge in [0.25, 0.3) is 0 Å². The molecule has 0 fully saturated rings. The second-order valence-corrected chi connectivity index (χ2v) is 12.7. The fourth-order valence-electron chi connectivity index (χ4n) is 3.40. The van der Waals surface area contributed by atoms with Crippen LogP contribution in [0.25, 0.3) is 0 Å². The van der Waals surface area contributed by atoms with Crippen molar-refractivity contribution in [3.05, 3.63) is 64.9 Å². The van der Waals surface area contributed by atoms with Crippen LogP contribution in [0.2, 0.25) is 0 Å². The molecule has 36 heavy (non-hydrogen) atoms. The first-order valence-electron chi connectivity index (χ1n) is 11.9. The molecule has 0 saturated heterocycles. The Morgan fingerprint density at radius 2 is 1.75 bits per heavy atom. The molecule has 4 rings (SSSR count). The number of hydrazone groups is 1. The Kier molecular flexibility index (Phi) is 7.38. The minimum Gasteiger partial charge on any atom is -0.508 e. The average Bonchev–Trinajstić information content (AvgIpc) is 3.47. The van der Waals surface area contributed by atoms with E-state index >= 15 is 0 Å². The van der Waals surface area contributed by atoms with Gasteiger partial charge >= 0.3 is 0 Å². The molecule has 2 aromatic heterocycles. The number of phenols is 1. The van der Waals surface area contributed by atoms with Crippen molar-refractivity contribution >= 4 is 39.2 Å². The standard InChI is InChI=1S/C26H33N7OS2/c1-16(18-13-10-11-15-27-18)28-23(29-24-31-30-21(36-24)25(2,3)4)33-20(17-12-8-9-14-19(17)34)35-22(32-33)26(5,6)7/h8-16,20,34H,1-7H3,(H,28,29,31). The third-order valence-electron chi connectivity index (χ3n) is 5.42. The summed E-state index contributed by atoms with van der Waals surface area (Å²) in [5.74, 6) is 0.734. The maximum absolute atomic E-state index is 10.7. The van der Waals surface area contributed by atoms with Crippen molar-refractivity contribution in [3.8, 4) is 5.75 Å². The highest BCUT2D eigenvalue weighted by Crippen LogP contribution is 2.47. The van der Waals surface area contributed by atoms with E-state index in [0.717, 1.165) is 21.3 Å². The summed E-state index contributed by atoms with van der Waals surface area (Å²) >= 11 is 3.11. The highest BCUT2D eigenvalue weighted by molar-refractivity contribution is 8.14. The van der Waals surface area contributed by atoms with Crippen molar-refractivity contribution in [2.75, 3.05) is 5.32 Å². The quantitative estimate of drug-likeness (QED) is 0.295. The number of para-hydroxylation sites is 1. The number of hydrogen-bond donors (Lipinski definition) is 2. The Labute approximate surface area is 221 Å². The zero-order valence-corrected chi connectivity index (χ0v) is 23.4. The van der Waals surface area contributed by atoms with E-state index in [9.17, 15) is 5.11 Å². The van der Waals surface area contributed by atoms with Crippen molar-refractivity contribution in [1.29, 1.82) is 0 Å². The molecule has 8 nitrogen and oxygen atoms in total. The van der Waals surface area contributed by atoms with E-state index in [1.165, 1.54) is 11.3 Å². The smallest absolute Gasteiger partial charge is 0.223 e. The third kappa shape index (κ3) is 5.87. The first-order chi connectivity index (χ1) is 16.9. The normalized spacial score (nSPS) is 17.8. The van der Waals surface area contributed by atoms with Gasteiger partial charge in [0.2, 0.25) is 11.1 Å². The lowest BCUT2D eigenvalue weighted by Crippen LogP contribution is -2.33. The molecule has 3 heterocycles. The molecule has 2 unspecified atom stereocenters. The van der Waals surface area contributed by atoms with E-state index in [1.807, 2.05) is 48.3 Å². The highest BCUT2D eigenvalue weighted by Gasteiger charge is 2.38. The number of rotatable bonds is 4. The van der Waals surface area contributed by atoms with E-state index in [4.69, 9.17) is 10.1 Å². The van der Waals surface area contributed by atoms with Crippen LogP contribution < -0.4 is 5.32 Å². The molecule has 1 aliphatic rings. The van der Waals surface area contributed by atoms with Gasteiger partial charge in [-0.25, -0.2) is 10.0 Å². The molecule has 0 radical (unpaired) electrons. The SMILES string of the molecule is CC(N=C(Nc1nnc(C(C)(C)C)s1)N1N=C(C(C)(C)C)SC1c1ccccc1O)c1ccccn1. The Bertz CT molecular complexity index is 1260. The van der Waals surface area contributed by atoms with Crippen molar-refractivity contribution in [2.24, 2.45) is 15.5 Å². The number of benzene rings is 1. The predicted octanol–water partition coefficient (Wildman–Crippen LogP) is 6.57. The Hall–Kier alpha value is -2.98. The Morgan fingerprint density at radius 3 is 2.36 bits per heavy atom. The van der Waals surface area contributed by atoms with Crippen LogP contribution in [0.15, 0.2) is 58.8 Å². The molecular formula is C26H33N7OS2. The minimum absolute atomic E-state index is 0.116. The first-order valence-corrected chi connectivity index (χ1v) is 13.6. The summed E-state index contributed by atoms with van der Waals surface area (Å²) < 4.78 is 0. The predicted molar refractivity (Wildman–Crippen MR) is 149 cm³/mol. The van der Waals surface area contributed by atoms with Gasteiger partial charge in [0.1, 0.15) is 21.2 Å². The molecule has 190 valence electrons. The van der Waals surface area contributed by atoms with E-state index in [-0.39, 0.29) is 28.0 Å². The molecule has 3 aromatic rings. The van der Waals surface area contributed by atoms with Gasteiger partial charge < -0.3 is 5.11 Å². The summed E-state index contributed by atoms with van der Waals surface area (Å²) in [4.78, 5) is 9.51. The van der Waals surface area contributed by atoms with Gasteiger partial charge in [-0.3, -0.25) is 10.3 Å². The Morgan fingerprint density at radius 1 is 1.03 bits per heavy atom. The maximum Gasteiger partial charge on any atom is 0.223 e. The first kappa shape index (κ1) is 26.1. The minimum atomic E-state index is -0.308. The van der Waals surface area contributed by atoms with Crippen molar-refractivity contribution < 1.29 is 5.11 Å². The van der Waals surface area contributed by atoms with Crippen molar-refractivity contribution in [3.63, 3.8) is 0 Å². The number of nitrogens with one attached hydrogen (secondary N) is 1. The number of aliphatic imine (C=N–C) groups is 1. The van der Waals surface area contributed by atoms with Crippen molar-refractivity contribution in [1.82, 2.24) is 20.2 Å². The van der Waals surface area contributed by atoms with Crippen LogP contribution in [0.1, 0.15) is 76.1 Å². The second-order valence-electron chi connectivity index (χ2n) is 10.7. The van der Waals surface area contributed by atoms with Crippen LogP contribution in [0.3, 0.4) is 0 Å². The van der Waals surface area contributed by atoms with E-state index in [0.29, 0.717) is 11.1 Å². The second kappa shape index (κ2) is 10.2. The molecular weight excluding hydrogens is 490 g/mol. The Balaban J connectivity index is 1.80. The molecule has 2 atom stereocenters. The fraction of sp³-hybridized carbons (Fsp3) is 0.423. The molecule has 0 bridgehead atoms. The van der Waals surface area contributed by atoms with Gasteiger partial charge in [-0.05, 0) is 25.1 Å². The average molecular weight is 524 g/mol. The molecule has 0 aliphatic carbocycles. The summed E-state index contributed by atoms with van der Waals surface area (Å²) in [7, 11) is 0. The number of aromatic nitrogens is 3. The fourth-order valence-corrected chi connectivity index (χ4v) is 5.47. The number of hydrogen-bond acceptors (Lipinski definition) is 8. The largest absolute Gasteiger partial charge is 0.508 e. The number of phenolic OH excluding ortho intramolecular Hbond substituents is 1. The lowest BCUT2D eigenvalue weighted by atomic mass is 9.98. The molecule has 2 N–H and O–H groups in total. The van der Waals surface area contributed by atoms with Gasteiger partial charge in [-0.2, -0.15) is 5.10 Å². The molecule has 0 saturated carbocycles. The maximum atomic E-state index is 10.7. The van der Waals surface area contributed by atoms with Crippen LogP contribution >= 0.6 is 23.1 Å². The van der Waals surface area contributed by atoms with E-state index < -0.39 is 0 Å². The van der Waals surface area contributed by atoms with Crippen LogP contribution in [0, 0.1) is 5.41 Å². The zero-order valence-electron chi connectivity index (χ0n) is 21.7. The zero-order chi connectivity index (χ0) is 26.1. The van der Waals surface area contributed by atoms with Crippen LogP contribution in [-0.4, -0.2) is 36.3 Å². The lowest BCUT2D eigenvalue weighted by molar-refractivity contribution is 0.406. The van der Waals surface area contributed by atoms with E-state index in [2.05, 4.69) is 62.0 Å². The monoisotopic (exact) mass is 523 g/mol. The number of anilines is 1. The van der Waals surface area contributed by atoms with E-state index in [1.54, 1.807) is 24.0 Å². The van der Waals surface area contributed by atoms with Crippen LogP contribution in [0.4, 0.5) is 5.13 Å². The number of nitrogens with zero attached hydrogens (tertiary/aromatic N) is 6. The number of thioether (sulfide) groups is 1. The summed E-state index contributed by atoms with van der Waals surface area (Å²) in [6, 6.07) is 12.9. The van der Waals surface area contributed by atoms with Gasteiger partial charge in [-0.1, -0.05) is 88.9 Å². The summed E-state index contributed by atoms with van der Waals surface area (Å²) in [5, 5.41) is 31.9. The number of aromatic hydroxyl groups is 1. The van der Waals surface area contributed by atoms with Crippen molar-refractivity contribution in [2.45, 2.75) is 65.3 Å².